The fourth-order valence-corrected chi connectivity index (χ4v) is 3.67. The summed E-state index contributed by atoms with van der Waals surface area (Å²) in [4.78, 5) is 21.6. The molecule has 0 saturated carbocycles. The number of imidazole rings is 1. The van der Waals surface area contributed by atoms with E-state index in [0.29, 0.717) is 29.3 Å². The number of nitrogens with zero attached hydrogens (tertiary/aromatic N) is 5. The number of ether oxygens (including phenoxy) is 1. The zero-order valence-corrected chi connectivity index (χ0v) is 18.9. The standard InChI is InChI=1S/C25H25N5O2/c1-16-6-7-18(32-22-10-11-27-14-17(22)13-26)12-19(16)20-8-9-21-23(28-20)29(5)24(31)30(21)15-25(2,3)4/h6-12,14H,15H2,1-5H3. The smallest absolute Gasteiger partial charge is 0.330 e. The van der Waals surface area contributed by atoms with Gasteiger partial charge in [0.15, 0.2) is 5.65 Å². The van der Waals surface area contributed by atoms with Crippen LogP contribution in [-0.2, 0) is 13.6 Å². The molecular formula is C25H25N5O2. The van der Waals surface area contributed by atoms with Gasteiger partial charge in [-0.05, 0) is 42.2 Å². The summed E-state index contributed by atoms with van der Waals surface area (Å²) in [6, 6.07) is 13.3. The van der Waals surface area contributed by atoms with Crippen molar-refractivity contribution in [3.05, 3.63) is 70.4 Å². The number of pyridine rings is 2. The van der Waals surface area contributed by atoms with E-state index in [0.717, 1.165) is 22.3 Å². The molecule has 0 bridgehead atoms. The van der Waals surface area contributed by atoms with E-state index in [9.17, 15) is 10.1 Å². The maximum atomic E-state index is 12.8. The van der Waals surface area contributed by atoms with Crippen molar-refractivity contribution >= 4 is 11.2 Å². The Morgan fingerprint density at radius 2 is 1.94 bits per heavy atom. The van der Waals surface area contributed by atoms with Crippen LogP contribution in [0, 0.1) is 23.7 Å². The van der Waals surface area contributed by atoms with Crippen LogP contribution in [0.3, 0.4) is 0 Å². The third-order valence-corrected chi connectivity index (χ3v) is 5.23. The van der Waals surface area contributed by atoms with Crippen LogP contribution in [0.15, 0.2) is 53.6 Å². The van der Waals surface area contributed by atoms with Gasteiger partial charge in [0.2, 0.25) is 0 Å². The maximum Gasteiger partial charge on any atom is 0.330 e. The van der Waals surface area contributed by atoms with Crippen LogP contribution >= 0.6 is 0 Å². The van der Waals surface area contributed by atoms with E-state index in [2.05, 4.69) is 31.8 Å². The molecule has 0 aliphatic rings. The van der Waals surface area contributed by atoms with Gasteiger partial charge in [0.25, 0.3) is 0 Å². The summed E-state index contributed by atoms with van der Waals surface area (Å²) in [6.07, 6.45) is 3.06. The lowest BCUT2D eigenvalue weighted by Gasteiger charge is -2.18. The fourth-order valence-electron chi connectivity index (χ4n) is 3.67. The van der Waals surface area contributed by atoms with Crippen molar-refractivity contribution in [3.63, 3.8) is 0 Å². The van der Waals surface area contributed by atoms with Gasteiger partial charge in [-0.15, -0.1) is 0 Å². The molecule has 0 saturated heterocycles. The van der Waals surface area contributed by atoms with Gasteiger partial charge in [0.1, 0.15) is 23.1 Å². The molecule has 0 spiro atoms. The molecule has 7 heteroatoms. The van der Waals surface area contributed by atoms with Gasteiger partial charge in [-0.25, -0.2) is 9.78 Å². The van der Waals surface area contributed by atoms with Crippen molar-refractivity contribution in [1.82, 2.24) is 19.1 Å². The van der Waals surface area contributed by atoms with Crippen molar-refractivity contribution in [2.24, 2.45) is 12.5 Å². The number of aromatic nitrogens is 4. The highest BCUT2D eigenvalue weighted by Crippen LogP contribution is 2.31. The molecule has 0 aliphatic carbocycles. The zero-order chi connectivity index (χ0) is 23.0. The van der Waals surface area contributed by atoms with Crippen LogP contribution in [-0.4, -0.2) is 19.1 Å². The Morgan fingerprint density at radius 3 is 2.66 bits per heavy atom. The molecule has 7 nitrogen and oxygen atoms in total. The van der Waals surface area contributed by atoms with Gasteiger partial charge < -0.3 is 4.74 Å². The van der Waals surface area contributed by atoms with Crippen molar-refractivity contribution < 1.29 is 4.74 Å². The molecule has 4 rings (SSSR count). The van der Waals surface area contributed by atoms with Crippen LogP contribution < -0.4 is 10.4 Å². The lowest BCUT2D eigenvalue weighted by molar-refractivity contribution is 0.342. The molecule has 3 aromatic heterocycles. The van der Waals surface area contributed by atoms with Crippen LogP contribution in [0.1, 0.15) is 31.9 Å². The van der Waals surface area contributed by atoms with Gasteiger partial charge in [0.05, 0.1) is 11.2 Å². The van der Waals surface area contributed by atoms with Crippen LogP contribution in [0.2, 0.25) is 0 Å². The topological polar surface area (TPSA) is 85.7 Å². The molecule has 0 fully saturated rings. The Balaban J connectivity index is 1.78. The van der Waals surface area contributed by atoms with Gasteiger partial charge in [-0.3, -0.25) is 14.1 Å². The number of nitriles is 1. The molecule has 4 aromatic rings. The summed E-state index contributed by atoms with van der Waals surface area (Å²) >= 11 is 0. The van der Waals surface area contributed by atoms with Gasteiger partial charge >= 0.3 is 5.69 Å². The van der Waals surface area contributed by atoms with Crippen molar-refractivity contribution in [2.45, 2.75) is 34.2 Å². The van der Waals surface area contributed by atoms with E-state index in [1.807, 2.05) is 37.3 Å². The SMILES string of the molecule is Cc1ccc(Oc2ccncc2C#N)cc1-c1ccc2c(n1)n(C)c(=O)n2CC(C)(C)C. The molecule has 3 heterocycles. The molecule has 162 valence electrons. The van der Waals surface area contributed by atoms with E-state index in [1.54, 1.807) is 28.4 Å². The number of hydrogen-bond acceptors (Lipinski definition) is 5. The van der Waals surface area contributed by atoms with Crippen molar-refractivity contribution in [2.75, 3.05) is 0 Å². The molecule has 0 N–H and O–H groups in total. The highest BCUT2D eigenvalue weighted by Gasteiger charge is 2.19. The third kappa shape index (κ3) is 4.00. The molecule has 0 amide bonds. The van der Waals surface area contributed by atoms with E-state index in [1.165, 1.54) is 6.20 Å². The Bertz CT molecular complexity index is 1420. The predicted molar refractivity (Wildman–Crippen MR) is 124 cm³/mol. The average Bonchev–Trinajstić information content (AvgIpc) is 2.98. The Labute approximate surface area is 186 Å². The predicted octanol–water partition coefficient (Wildman–Crippen LogP) is 4.82. The second-order valence-electron chi connectivity index (χ2n) is 9.09. The van der Waals surface area contributed by atoms with Crippen LogP contribution in [0.5, 0.6) is 11.5 Å². The second kappa shape index (κ2) is 7.97. The summed E-state index contributed by atoms with van der Waals surface area (Å²) in [5, 5.41) is 9.28. The third-order valence-electron chi connectivity index (χ3n) is 5.23. The minimum atomic E-state index is -0.0740. The van der Waals surface area contributed by atoms with Crippen molar-refractivity contribution in [1.29, 1.82) is 5.26 Å². The number of hydrogen-bond donors (Lipinski definition) is 0. The maximum absolute atomic E-state index is 12.8. The van der Waals surface area contributed by atoms with E-state index >= 15 is 0 Å². The van der Waals surface area contributed by atoms with Crippen LogP contribution in [0.4, 0.5) is 0 Å². The Kier molecular flexibility index (Phi) is 5.31. The lowest BCUT2D eigenvalue weighted by atomic mass is 9.97. The highest BCUT2D eigenvalue weighted by molar-refractivity contribution is 5.77. The summed E-state index contributed by atoms with van der Waals surface area (Å²) in [6.45, 7) is 8.93. The van der Waals surface area contributed by atoms with E-state index < -0.39 is 0 Å². The quantitative estimate of drug-likeness (QED) is 0.466. The molecular weight excluding hydrogens is 402 g/mol. The number of rotatable bonds is 4. The minimum absolute atomic E-state index is 0.0335. The fraction of sp³-hybridized carbons (Fsp3) is 0.280. The lowest BCUT2D eigenvalue weighted by Crippen LogP contribution is -2.27. The highest BCUT2D eigenvalue weighted by atomic mass is 16.5. The molecule has 32 heavy (non-hydrogen) atoms. The summed E-state index contributed by atoms with van der Waals surface area (Å²) in [5.74, 6) is 1.04. The molecule has 0 unspecified atom stereocenters. The largest absolute Gasteiger partial charge is 0.456 e. The van der Waals surface area contributed by atoms with E-state index in [4.69, 9.17) is 9.72 Å². The first kappa shape index (κ1) is 21.3. The Hall–Kier alpha value is -3.92. The number of aryl methyl sites for hydroxylation is 2. The normalized spacial score (nSPS) is 11.5. The molecule has 0 atom stereocenters. The summed E-state index contributed by atoms with van der Waals surface area (Å²) in [7, 11) is 1.75. The van der Waals surface area contributed by atoms with E-state index in [-0.39, 0.29) is 11.1 Å². The van der Waals surface area contributed by atoms with Gasteiger partial charge in [0, 0.05) is 37.6 Å². The number of fused-ring (bicyclic) bond motifs is 1. The summed E-state index contributed by atoms with van der Waals surface area (Å²) in [5.41, 5.74) is 4.39. The first-order valence-corrected chi connectivity index (χ1v) is 10.4. The molecule has 0 radical (unpaired) electrons. The van der Waals surface area contributed by atoms with Crippen molar-refractivity contribution in [3.8, 4) is 28.8 Å². The monoisotopic (exact) mass is 427 g/mol. The second-order valence-corrected chi connectivity index (χ2v) is 9.09. The van der Waals surface area contributed by atoms with Gasteiger partial charge in [-0.1, -0.05) is 26.8 Å². The van der Waals surface area contributed by atoms with Crippen LogP contribution in [0.25, 0.3) is 22.4 Å². The zero-order valence-electron chi connectivity index (χ0n) is 18.9. The van der Waals surface area contributed by atoms with Gasteiger partial charge in [-0.2, -0.15) is 5.26 Å². The average molecular weight is 428 g/mol. The Morgan fingerprint density at radius 1 is 1.16 bits per heavy atom. The number of benzene rings is 1. The first-order chi connectivity index (χ1) is 15.2. The molecule has 1 aromatic carbocycles. The minimum Gasteiger partial charge on any atom is -0.456 e. The first-order valence-electron chi connectivity index (χ1n) is 10.4. The summed E-state index contributed by atoms with van der Waals surface area (Å²) < 4.78 is 9.33. The molecule has 0 aliphatic heterocycles.